The van der Waals surface area contributed by atoms with Gasteiger partial charge in [-0.3, -0.25) is 9.88 Å². The van der Waals surface area contributed by atoms with Crippen molar-refractivity contribution >= 4 is 11.9 Å². The average molecular weight is 520 g/mol. The third-order valence-electron chi connectivity index (χ3n) is 4.90. The largest absolute Gasteiger partial charge is 0.490 e. The molecular weight excluding hydrogens is 494 g/mol. The number of hydrogen-bond donors (Lipinski definition) is 2. The van der Waals surface area contributed by atoms with Crippen LogP contribution < -0.4 is 0 Å². The number of hydrogen-bond acceptors (Lipinski definition) is 7. The molecule has 0 amide bonds. The van der Waals surface area contributed by atoms with Crippen LogP contribution in [0.1, 0.15) is 18.4 Å². The zero-order chi connectivity index (χ0) is 26.6. The maximum atomic E-state index is 10.6. The fraction of sp³-hybridized carbons (Fsp3) is 0.650. The lowest BCUT2D eigenvalue weighted by Gasteiger charge is -2.38. The van der Waals surface area contributed by atoms with Crippen molar-refractivity contribution in [3.05, 3.63) is 30.1 Å². The molecule has 0 radical (unpaired) electrons. The van der Waals surface area contributed by atoms with Gasteiger partial charge in [0.25, 0.3) is 0 Å². The number of carboxylic acid groups (broad SMARTS) is 2. The average Bonchev–Trinajstić information content (AvgIpc) is 3.20. The first-order chi connectivity index (χ1) is 16.3. The van der Waals surface area contributed by atoms with E-state index >= 15 is 0 Å². The van der Waals surface area contributed by atoms with Gasteiger partial charge >= 0.3 is 24.3 Å². The molecule has 1 aromatic heterocycles. The number of pyridine rings is 1. The molecule has 2 fully saturated rings. The second kappa shape index (κ2) is 14.2. The van der Waals surface area contributed by atoms with Gasteiger partial charge in [-0.1, -0.05) is 6.07 Å². The van der Waals surface area contributed by atoms with Crippen molar-refractivity contribution in [3.63, 3.8) is 0 Å². The standard InChI is InChI=1S/C16H24N2O3.2C2HF3O2/c1-19-9-7-18-8-10-20-16-14(18)4-5-15(16)21-12-13-3-2-6-17-11-13;2*3-2(4,5)1(6)7/h2-3,6,11,14-16H,4-5,7-10,12H2,1H3;2*(H,6,7)/t14-,15-,16-;;/m0../s1. The molecule has 9 nitrogen and oxygen atoms in total. The van der Waals surface area contributed by atoms with Gasteiger partial charge in [-0.25, -0.2) is 9.59 Å². The maximum absolute atomic E-state index is 10.6. The first kappa shape index (κ1) is 30.5. The highest BCUT2D eigenvalue weighted by Gasteiger charge is 2.43. The van der Waals surface area contributed by atoms with Gasteiger partial charge in [-0.2, -0.15) is 26.3 Å². The van der Waals surface area contributed by atoms with Gasteiger partial charge in [0.15, 0.2) is 0 Å². The number of halogens is 6. The zero-order valence-corrected chi connectivity index (χ0v) is 18.6. The summed E-state index contributed by atoms with van der Waals surface area (Å²) in [7, 11) is 1.76. The minimum atomic E-state index is -5.08. The molecule has 2 N–H and O–H groups in total. The summed E-state index contributed by atoms with van der Waals surface area (Å²) in [4.78, 5) is 24.4. The monoisotopic (exact) mass is 520 g/mol. The van der Waals surface area contributed by atoms with Gasteiger partial charge in [0.2, 0.25) is 0 Å². The molecule has 1 saturated carbocycles. The highest BCUT2D eigenvalue weighted by atomic mass is 19.4. The number of aliphatic carboxylic acids is 2. The van der Waals surface area contributed by atoms with Crippen LogP contribution >= 0.6 is 0 Å². The number of rotatable bonds is 6. The molecule has 200 valence electrons. The molecule has 3 rings (SSSR count). The van der Waals surface area contributed by atoms with Crippen LogP contribution in [0.3, 0.4) is 0 Å². The van der Waals surface area contributed by atoms with Gasteiger partial charge < -0.3 is 24.4 Å². The molecule has 0 spiro atoms. The third-order valence-corrected chi connectivity index (χ3v) is 4.90. The predicted octanol–water partition coefficient (Wildman–Crippen LogP) is 2.74. The van der Waals surface area contributed by atoms with E-state index in [9.17, 15) is 26.3 Å². The van der Waals surface area contributed by atoms with E-state index in [0.29, 0.717) is 12.6 Å². The highest BCUT2D eigenvalue weighted by Crippen LogP contribution is 2.32. The Kier molecular flexibility index (Phi) is 12.4. The SMILES string of the molecule is COCCN1CCO[C@@H]2[C@@H](OCc3cccnc3)CC[C@@H]21.O=C(O)C(F)(F)F.O=C(O)C(F)(F)F. The van der Waals surface area contributed by atoms with Gasteiger partial charge in [0.1, 0.15) is 0 Å². The lowest BCUT2D eigenvalue weighted by atomic mass is 10.1. The Morgan fingerprint density at radius 2 is 1.74 bits per heavy atom. The molecule has 2 heterocycles. The second-order valence-corrected chi connectivity index (χ2v) is 7.33. The summed E-state index contributed by atoms with van der Waals surface area (Å²) >= 11 is 0. The Labute approximate surface area is 196 Å². The molecule has 2 aliphatic rings. The summed E-state index contributed by atoms with van der Waals surface area (Å²) in [6, 6.07) is 4.47. The van der Waals surface area contributed by atoms with Crippen molar-refractivity contribution in [3.8, 4) is 0 Å². The molecule has 35 heavy (non-hydrogen) atoms. The molecule has 1 saturated heterocycles. The van der Waals surface area contributed by atoms with Crippen LogP contribution in [0.2, 0.25) is 0 Å². The number of methoxy groups -OCH3 is 1. The lowest BCUT2D eigenvalue weighted by Crippen LogP contribution is -2.52. The van der Waals surface area contributed by atoms with Crippen molar-refractivity contribution in [2.75, 3.05) is 33.4 Å². The summed E-state index contributed by atoms with van der Waals surface area (Å²) < 4.78 is 80.8. The van der Waals surface area contributed by atoms with E-state index in [1.807, 2.05) is 18.3 Å². The maximum Gasteiger partial charge on any atom is 0.490 e. The summed E-state index contributed by atoms with van der Waals surface area (Å²) in [5, 5.41) is 14.2. The third kappa shape index (κ3) is 11.2. The molecule has 0 unspecified atom stereocenters. The number of carbonyl (C=O) groups is 2. The van der Waals surface area contributed by atoms with Gasteiger partial charge in [0, 0.05) is 38.6 Å². The first-order valence-corrected chi connectivity index (χ1v) is 10.2. The van der Waals surface area contributed by atoms with E-state index in [2.05, 4.69) is 9.88 Å². The molecule has 1 aromatic rings. The van der Waals surface area contributed by atoms with Gasteiger partial charge in [-0.15, -0.1) is 0 Å². The predicted molar refractivity (Wildman–Crippen MR) is 106 cm³/mol. The summed E-state index contributed by atoms with van der Waals surface area (Å²) in [6.45, 7) is 4.17. The summed E-state index contributed by atoms with van der Waals surface area (Å²) in [6.07, 6.45) is -3.91. The Bertz CT molecular complexity index is 755. The fourth-order valence-electron chi connectivity index (χ4n) is 3.34. The molecule has 3 atom stereocenters. The molecule has 15 heteroatoms. The minimum Gasteiger partial charge on any atom is -0.475 e. The van der Waals surface area contributed by atoms with Crippen molar-refractivity contribution < 1.29 is 60.4 Å². The molecule has 0 bridgehead atoms. The van der Waals surface area contributed by atoms with E-state index < -0.39 is 24.3 Å². The van der Waals surface area contributed by atoms with Gasteiger partial charge in [-0.05, 0) is 24.5 Å². The van der Waals surface area contributed by atoms with Crippen LogP contribution in [-0.2, 0) is 30.4 Å². The number of aromatic nitrogens is 1. The molecule has 1 aliphatic carbocycles. The van der Waals surface area contributed by atoms with Crippen LogP contribution in [-0.4, -0.2) is 96.1 Å². The van der Waals surface area contributed by atoms with E-state index in [1.165, 1.54) is 0 Å². The Hall–Kier alpha value is -2.49. The first-order valence-electron chi connectivity index (χ1n) is 10.2. The normalized spacial score (nSPS) is 22.2. The number of morpholine rings is 1. The van der Waals surface area contributed by atoms with Crippen LogP contribution in [0.15, 0.2) is 24.5 Å². The molecule has 1 aliphatic heterocycles. The van der Waals surface area contributed by atoms with Crippen LogP contribution in [0, 0.1) is 0 Å². The second-order valence-electron chi connectivity index (χ2n) is 7.33. The van der Waals surface area contributed by atoms with E-state index in [-0.39, 0.29) is 12.2 Å². The smallest absolute Gasteiger partial charge is 0.475 e. The highest BCUT2D eigenvalue weighted by molar-refractivity contribution is 5.73. The lowest BCUT2D eigenvalue weighted by molar-refractivity contribution is -0.193. The van der Waals surface area contributed by atoms with E-state index in [0.717, 1.165) is 44.7 Å². The fourth-order valence-corrected chi connectivity index (χ4v) is 3.34. The van der Waals surface area contributed by atoms with E-state index in [1.54, 1.807) is 13.3 Å². The van der Waals surface area contributed by atoms with E-state index in [4.69, 9.17) is 34.0 Å². The topological polar surface area (TPSA) is 118 Å². The zero-order valence-electron chi connectivity index (χ0n) is 18.6. The number of ether oxygens (including phenoxy) is 3. The molecular formula is C20H26F6N2O7. The molecule has 0 aromatic carbocycles. The van der Waals surface area contributed by atoms with Crippen molar-refractivity contribution in [1.82, 2.24) is 9.88 Å². The van der Waals surface area contributed by atoms with Crippen LogP contribution in [0.4, 0.5) is 26.3 Å². The Morgan fingerprint density at radius 3 is 2.23 bits per heavy atom. The number of nitrogens with zero attached hydrogens (tertiary/aromatic N) is 2. The number of carboxylic acids is 2. The van der Waals surface area contributed by atoms with Gasteiger partial charge in [0.05, 0.1) is 32.0 Å². The minimum absolute atomic E-state index is 0.195. The Morgan fingerprint density at radius 1 is 1.14 bits per heavy atom. The van der Waals surface area contributed by atoms with Crippen molar-refractivity contribution in [1.29, 1.82) is 0 Å². The summed E-state index contributed by atoms with van der Waals surface area (Å²) in [5.74, 6) is -5.51. The van der Waals surface area contributed by atoms with Crippen LogP contribution in [0.5, 0.6) is 0 Å². The van der Waals surface area contributed by atoms with Crippen LogP contribution in [0.25, 0.3) is 0 Å². The van der Waals surface area contributed by atoms with Crippen molar-refractivity contribution in [2.24, 2.45) is 0 Å². The number of alkyl halides is 6. The van der Waals surface area contributed by atoms with Crippen molar-refractivity contribution in [2.45, 2.75) is 50.1 Å². The quantitative estimate of drug-likeness (QED) is 0.546. The summed E-state index contributed by atoms with van der Waals surface area (Å²) in [5.41, 5.74) is 1.12. The number of fused-ring (bicyclic) bond motifs is 1. The Balaban J connectivity index is 0.000000362.